The number of ether oxygens (including phenoxy) is 2. The highest BCUT2D eigenvalue weighted by Crippen LogP contribution is 2.03. The monoisotopic (exact) mass is 314 g/mol. The topological polar surface area (TPSA) is 125 Å². The Morgan fingerprint density at radius 1 is 1.05 bits per heavy atom. The van der Waals surface area contributed by atoms with E-state index in [-0.39, 0.29) is 31.5 Å². The summed E-state index contributed by atoms with van der Waals surface area (Å²) in [5.74, 6) is -0.985. The van der Waals surface area contributed by atoms with Crippen LogP contribution >= 0.6 is 0 Å². The molecule has 0 fully saturated rings. The van der Waals surface area contributed by atoms with Crippen molar-refractivity contribution in [2.45, 2.75) is 43.9 Å². The molecule has 7 heteroatoms. The molecule has 126 valence electrons. The van der Waals surface area contributed by atoms with Gasteiger partial charge in [-0.05, 0) is 12.8 Å². The summed E-state index contributed by atoms with van der Waals surface area (Å²) >= 11 is 0. The van der Waals surface area contributed by atoms with Gasteiger partial charge in [-0.25, -0.2) is 0 Å². The molecule has 3 atom stereocenters. The van der Waals surface area contributed by atoms with Gasteiger partial charge in [-0.1, -0.05) is 12.2 Å². The smallest absolute Gasteiger partial charge is 0.306 e. The van der Waals surface area contributed by atoms with Crippen LogP contribution in [0.15, 0.2) is 25.3 Å². The molecule has 0 aromatic heterocycles. The molecule has 0 aliphatic heterocycles. The summed E-state index contributed by atoms with van der Waals surface area (Å²) in [5.41, 5.74) is 11.2. The Kier molecular flexibility index (Phi) is 11.0. The zero-order chi connectivity index (χ0) is 17.0. The van der Waals surface area contributed by atoms with E-state index in [1.165, 1.54) is 6.08 Å². The summed E-state index contributed by atoms with van der Waals surface area (Å²) < 4.78 is 9.93. The van der Waals surface area contributed by atoms with Crippen LogP contribution < -0.4 is 11.5 Å². The highest BCUT2D eigenvalue weighted by Gasteiger charge is 2.16. The lowest BCUT2D eigenvalue weighted by atomic mass is 10.2. The number of hydrogen-bond acceptors (Lipinski definition) is 7. The van der Waals surface area contributed by atoms with E-state index in [0.717, 1.165) is 0 Å². The number of aliphatic hydroxyl groups excluding tert-OH is 1. The van der Waals surface area contributed by atoms with E-state index in [1.807, 2.05) is 0 Å². The second kappa shape index (κ2) is 11.9. The number of esters is 2. The van der Waals surface area contributed by atoms with Gasteiger partial charge in [0.15, 0.2) is 6.10 Å². The van der Waals surface area contributed by atoms with E-state index in [9.17, 15) is 9.59 Å². The zero-order valence-electron chi connectivity index (χ0n) is 12.8. The van der Waals surface area contributed by atoms with E-state index < -0.39 is 24.6 Å². The second-order valence-electron chi connectivity index (χ2n) is 4.85. The highest BCUT2D eigenvalue weighted by molar-refractivity contribution is 5.70. The van der Waals surface area contributed by atoms with Crippen LogP contribution in [0.3, 0.4) is 0 Å². The van der Waals surface area contributed by atoms with E-state index >= 15 is 0 Å². The third kappa shape index (κ3) is 10.1. The summed E-state index contributed by atoms with van der Waals surface area (Å²) in [7, 11) is 0. The summed E-state index contributed by atoms with van der Waals surface area (Å²) in [6.07, 6.45) is 3.25. The van der Waals surface area contributed by atoms with Gasteiger partial charge in [-0.3, -0.25) is 9.59 Å². The molecular weight excluding hydrogens is 288 g/mol. The predicted octanol–water partition coefficient (Wildman–Crippen LogP) is 0.0207. The van der Waals surface area contributed by atoms with Crippen molar-refractivity contribution in [3.05, 3.63) is 25.3 Å². The van der Waals surface area contributed by atoms with Gasteiger partial charge in [0.1, 0.15) is 6.61 Å². The molecule has 0 spiro atoms. The van der Waals surface area contributed by atoms with E-state index in [4.69, 9.17) is 26.0 Å². The standard InChI is InChI=1S/C15H26N2O5/c1-3-11(16)5-7-14(19)21-10-13(9-18)22-15(20)8-6-12(17)4-2/h3-4,11-13,18H,1-2,5-10,16-17H2. The molecule has 7 nitrogen and oxygen atoms in total. The molecule has 22 heavy (non-hydrogen) atoms. The van der Waals surface area contributed by atoms with Gasteiger partial charge in [-0.2, -0.15) is 0 Å². The van der Waals surface area contributed by atoms with Crippen LogP contribution in [-0.2, 0) is 19.1 Å². The molecule has 0 saturated carbocycles. The minimum atomic E-state index is -0.885. The van der Waals surface area contributed by atoms with Crippen molar-refractivity contribution in [2.75, 3.05) is 13.2 Å². The molecule has 0 rings (SSSR count). The lowest BCUT2D eigenvalue weighted by molar-refractivity contribution is -0.161. The van der Waals surface area contributed by atoms with Crippen LogP contribution in [0.5, 0.6) is 0 Å². The van der Waals surface area contributed by atoms with Crippen LogP contribution in [0, 0.1) is 0 Å². The van der Waals surface area contributed by atoms with Crippen LogP contribution in [-0.4, -0.2) is 48.4 Å². The number of aliphatic hydroxyl groups is 1. The third-order valence-electron chi connectivity index (χ3n) is 2.90. The molecule has 0 radical (unpaired) electrons. The van der Waals surface area contributed by atoms with Crippen molar-refractivity contribution >= 4 is 11.9 Å². The molecule has 0 bridgehead atoms. The highest BCUT2D eigenvalue weighted by atomic mass is 16.6. The molecule has 0 aromatic carbocycles. The second-order valence-corrected chi connectivity index (χ2v) is 4.85. The Hall–Kier alpha value is -1.70. The molecule has 0 heterocycles. The molecule has 0 saturated heterocycles. The lowest BCUT2D eigenvalue weighted by Gasteiger charge is -2.16. The van der Waals surface area contributed by atoms with Gasteiger partial charge >= 0.3 is 11.9 Å². The van der Waals surface area contributed by atoms with Gasteiger partial charge in [0.25, 0.3) is 0 Å². The van der Waals surface area contributed by atoms with Crippen molar-refractivity contribution < 1.29 is 24.2 Å². The summed E-state index contributed by atoms with van der Waals surface area (Å²) in [5, 5.41) is 9.12. The average molecular weight is 314 g/mol. The summed E-state index contributed by atoms with van der Waals surface area (Å²) in [6.45, 7) is 6.39. The van der Waals surface area contributed by atoms with Crippen molar-refractivity contribution in [3.63, 3.8) is 0 Å². The van der Waals surface area contributed by atoms with E-state index in [0.29, 0.717) is 12.8 Å². The quantitative estimate of drug-likeness (QED) is 0.342. The van der Waals surface area contributed by atoms with Gasteiger partial charge in [0, 0.05) is 24.9 Å². The molecule has 0 aromatic rings. The van der Waals surface area contributed by atoms with Crippen LogP contribution in [0.1, 0.15) is 25.7 Å². The first-order valence-corrected chi connectivity index (χ1v) is 7.15. The van der Waals surface area contributed by atoms with Gasteiger partial charge in [0.2, 0.25) is 0 Å². The van der Waals surface area contributed by atoms with E-state index in [2.05, 4.69) is 13.2 Å². The Morgan fingerprint density at radius 3 is 2.00 bits per heavy atom. The summed E-state index contributed by atoms with van der Waals surface area (Å²) in [4.78, 5) is 23.0. The fraction of sp³-hybridized carbons (Fsp3) is 0.600. The number of nitrogens with two attached hydrogens (primary N) is 2. The lowest BCUT2D eigenvalue weighted by Crippen LogP contribution is -2.29. The van der Waals surface area contributed by atoms with Crippen LogP contribution in [0.25, 0.3) is 0 Å². The third-order valence-corrected chi connectivity index (χ3v) is 2.90. The zero-order valence-corrected chi connectivity index (χ0v) is 12.8. The first-order chi connectivity index (χ1) is 10.4. The fourth-order valence-electron chi connectivity index (χ4n) is 1.43. The molecule has 5 N–H and O–H groups in total. The molecule has 3 unspecified atom stereocenters. The van der Waals surface area contributed by atoms with Crippen molar-refractivity contribution in [3.8, 4) is 0 Å². The Morgan fingerprint density at radius 2 is 1.55 bits per heavy atom. The fourth-order valence-corrected chi connectivity index (χ4v) is 1.43. The number of carbonyl (C=O) groups is 2. The SMILES string of the molecule is C=CC(N)CCC(=O)OCC(CO)OC(=O)CCC(N)C=C. The van der Waals surface area contributed by atoms with Crippen molar-refractivity contribution in [1.82, 2.24) is 0 Å². The Balaban J connectivity index is 4.00. The maximum atomic E-state index is 11.5. The van der Waals surface area contributed by atoms with Crippen molar-refractivity contribution in [1.29, 1.82) is 0 Å². The maximum Gasteiger partial charge on any atom is 0.306 e. The normalized spacial score (nSPS) is 14.5. The van der Waals surface area contributed by atoms with E-state index in [1.54, 1.807) is 6.08 Å². The maximum absolute atomic E-state index is 11.5. The average Bonchev–Trinajstić information content (AvgIpc) is 2.53. The van der Waals surface area contributed by atoms with Gasteiger partial charge < -0.3 is 26.0 Å². The minimum Gasteiger partial charge on any atom is -0.462 e. The number of carbonyl (C=O) groups excluding carboxylic acids is 2. The first kappa shape index (κ1) is 20.3. The Labute approximate surface area is 130 Å². The first-order valence-electron chi connectivity index (χ1n) is 7.15. The largest absolute Gasteiger partial charge is 0.462 e. The van der Waals surface area contributed by atoms with Crippen LogP contribution in [0.2, 0.25) is 0 Å². The van der Waals surface area contributed by atoms with Crippen LogP contribution in [0.4, 0.5) is 0 Å². The Bertz CT molecular complexity index is 373. The summed E-state index contributed by atoms with van der Waals surface area (Å²) in [6, 6.07) is -0.555. The molecular formula is C15H26N2O5. The molecule has 0 aliphatic rings. The van der Waals surface area contributed by atoms with Gasteiger partial charge in [-0.15, -0.1) is 13.2 Å². The molecule has 0 amide bonds. The number of hydrogen-bond donors (Lipinski definition) is 3. The van der Waals surface area contributed by atoms with Gasteiger partial charge in [0.05, 0.1) is 6.61 Å². The van der Waals surface area contributed by atoms with Crippen molar-refractivity contribution in [2.24, 2.45) is 11.5 Å². The number of rotatable bonds is 12. The predicted molar refractivity (Wildman–Crippen MR) is 82.7 cm³/mol. The molecule has 0 aliphatic carbocycles. The minimum absolute atomic E-state index is 0.103.